The Kier molecular flexibility index (Phi) is 4.55. The highest BCUT2D eigenvalue weighted by Gasteiger charge is 2.18. The normalized spacial score (nSPS) is 10.9. The lowest BCUT2D eigenvalue weighted by molar-refractivity contribution is -0.143. The van der Waals surface area contributed by atoms with E-state index in [0.717, 1.165) is 6.29 Å². The van der Waals surface area contributed by atoms with Gasteiger partial charge in [0.2, 0.25) is 0 Å². The van der Waals surface area contributed by atoms with Gasteiger partial charge in [-0.05, 0) is 13.3 Å². The first-order chi connectivity index (χ1) is 5.52. The van der Waals surface area contributed by atoms with Crippen LogP contribution in [0.3, 0.4) is 0 Å². The number of carbonyl (C=O) groups excluding carboxylic acids is 2. The fourth-order valence-corrected chi connectivity index (χ4v) is 0.716. The second-order valence-electron chi connectivity index (χ2n) is 3.41. The molecule has 0 bridgehead atoms. The number of ether oxygens (including phenoxy) is 1. The van der Waals surface area contributed by atoms with Crippen LogP contribution in [0, 0.1) is 5.41 Å². The molecule has 0 amide bonds. The summed E-state index contributed by atoms with van der Waals surface area (Å²) in [7, 11) is 0. The maximum Gasteiger partial charge on any atom is 0.305 e. The van der Waals surface area contributed by atoms with Crippen LogP contribution in [0.2, 0.25) is 0 Å². The molecule has 0 unspecified atom stereocenters. The van der Waals surface area contributed by atoms with Crippen molar-refractivity contribution in [2.75, 3.05) is 6.61 Å². The first kappa shape index (κ1) is 11.1. The molecule has 0 N–H and O–H groups in total. The Morgan fingerprint density at radius 3 is 2.50 bits per heavy atom. The van der Waals surface area contributed by atoms with E-state index in [2.05, 4.69) is 0 Å². The minimum Gasteiger partial charge on any atom is -0.466 e. The zero-order chi connectivity index (χ0) is 9.61. The van der Waals surface area contributed by atoms with Crippen molar-refractivity contribution in [1.29, 1.82) is 0 Å². The SMILES string of the molecule is CCOC(=O)CCC(C)(C)C=O. The molecule has 0 rings (SSSR count). The van der Waals surface area contributed by atoms with Crippen LogP contribution in [0.25, 0.3) is 0 Å². The van der Waals surface area contributed by atoms with Gasteiger partial charge in [-0.15, -0.1) is 0 Å². The summed E-state index contributed by atoms with van der Waals surface area (Å²) in [5, 5.41) is 0. The Morgan fingerprint density at radius 2 is 2.08 bits per heavy atom. The van der Waals surface area contributed by atoms with Gasteiger partial charge >= 0.3 is 5.97 Å². The van der Waals surface area contributed by atoms with Crippen LogP contribution in [0.5, 0.6) is 0 Å². The summed E-state index contributed by atoms with van der Waals surface area (Å²) < 4.78 is 4.73. The van der Waals surface area contributed by atoms with Gasteiger partial charge < -0.3 is 9.53 Å². The summed E-state index contributed by atoms with van der Waals surface area (Å²) in [5.74, 6) is -0.229. The topological polar surface area (TPSA) is 43.4 Å². The van der Waals surface area contributed by atoms with Crippen molar-refractivity contribution in [3.63, 3.8) is 0 Å². The minimum absolute atomic E-state index is 0.229. The molecule has 0 radical (unpaired) electrons. The molecule has 70 valence electrons. The predicted octanol–water partition coefficient (Wildman–Crippen LogP) is 1.55. The van der Waals surface area contributed by atoms with Crippen LogP contribution >= 0.6 is 0 Å². The zero-order valence-electron chi connectivity index (χ0n) is 7.92. The molecule has 0 aromatic rings. The third-order valence-corrected chi connectivity index (χ3v) is 1.60. The molecule has 0 fully saturated rings. The fourth-order valence-electron chi connectivity index (χ4n) is 0.716. The molecule has 0 aliphatic heterocycles. The van der Waals surface area contributed by atoms with Crippen molar-refractivity contribution in [2.45, 2.75) is 33.6 Å². The fraction of sp³-hybridized carbons (Fsp3) is 0.778. The number of esters is 1. The van der Waals surface area contributed by atoms with E-state index in [4.69, 9.17) is 4.74 Å². The van der Waals surface area contributed by atoms with Gasteiger partial charge in [0, 0.05) is 11.8 Å². The minimum atomic E-state index is -0.410. The molecule has 0 atom stereocenters. The first-order valence-electron chi connectivity index (χ1n) is 4.14. The number of hydrogen-bond acceptors (Lipinski definition) is 3. The van der Waals surface area contributed by atoms with Crippen molar-refractivity contribution < 1.29 is 14.3 Å². The van der Waals surface area contributed by atoms with E-state index >= 15 is 0 Å². The Morgan fingerprint density at radius 1 is 1.50 bits per heavy atom. The van der Waals surface area contributed by atoms with Gasteiger partial charge in [0.05, 0.1) is 6.61 Å². The van der Waals surface area contributed by atoms with Crippen LogP contribution in [-0.2, 0) is 14.3 Å². The van der Waals surface area contributed by atoms with Crippen molar-refractivity contribution in [3.05, 3.63) is 0 Å². The van der Waals surface area contributed by atoms with Crippen LogP contribution in [0.4, 0.5) is 0 Å². The van der Waals surface area contributed by atoms with Gasteiger partial charge in [-0.3, -0.25) is 4.79 Å². The standard InChI is InChI=1S/C9H16O3/c1-4-12-8(11)5-6-9(2,3)7-10/h7H,4-6H2,1-3H3. The third-order valence-electron chi connectivity index (χ3n) is 1.60. The summed E-state index contributed by atoms with van der Waals surface area (Å²) in [6.07, 6.45) is 1.74. The molecule has 0 aromatic carbocycles. The summed E-state index contributed by atoms with van der Waals surface area (Å²) in [5.41, 5.74) is -0.410. The Hall–Kier alpha value is -0.860. The van der Waals surface area contributed by atoms with Crippen molar-refractivity contribution in [1.82, 2.24) is 0 Å². The molecule has 0 saturated carbocycles. The Labute approximate surface area is 73.1 Å². The van der Waals surface area contributed by atoms with E-state index in [0.29, 0.717) is 19.4 Å². The maximum atomic E-state index is 10.9. The molecule has 0 spiro atoms. The molecular weight excluding hydrogens is 156 g/mol. The van der Waals surface area contributed by atoms with Gasteiger partial charge in [0.15, 0.2) is 0 Å². The maximum absolute atomic E-state index is 10.9. The van der Waals surface area contributed by atoms with Gasteiger partial charge in [0.25, 0.3) is 0 Å². The number of hydrogen-bond donors (Lipinski definition) is 0. The van der Waals surface area contributed by atoms with E-state index < -0.39 is 5.41 Å². The second kappa shape index (κ2) is 4.91. The lowest BCUT2D eigenvalue weighted by Crippen LogP contribution is -2.16. The second-order valence-corrected chi connectivity index (χ2v) is 3.41. The lowest BCUT2D eigenvalue weighted by atomic mass is 9.90. The number of carbonyl (C=O) groups is 2. The average molecular weight is 172 g/mol. The largest absolute Gasteiger partial charge is 0.466 e. The molecule has 0 aliphatic carbocycles. The Balaban J connectivity index is 3.67. The predicted molar refractivity (Wildman–Crippen MR) is 45.7 cm³/mol. The van der Waals surface area contributed by atoms with Crippen LogP contribution in [0.15, 0.2) is 0 Å². The van der Waals surface area contributed by atoms with Crippen molar-refractivity contribution >= 4 is 12.3 Å². The lowest BCUT2D eigenvalue weighted by Gasteiger charge is -2.14. The van der Waals surface area contributed by atoms with E-state index in [1.54, 1.807) is 20.8 Å². The van der Waals surface area contributed by atoms with Gasteiger partial charge in [-0.2, -0.15) is 0 Å². The average Bonchev–Trinajstić information content (AvgIpc) is 2.02. The monoisotopic (exact) mass is 172 g/mol. The van der Waals surface area contributed by atoms with Gasteiger partial charge in [-0.25, -0.2) is 0 Å². The van der Waals surface area contributed by atoms with E-state index in [1.165, 1.54) is 0 Å². The number of rotatable bonds is 5. The molecule has 0 heterocycles. The third kappa shape index (κ3) is 4.88. The van der Waals surface area contributed by atoms with E-state index in [1.807, 2.05) is 0 Å². The highest BCUT2D eigenvalue weighted by molar-refractivity contribution is 5.70. The van der Waals surface area contributed by atoms with Crippen LogP contribution in [0.1, 0.15) is 33.6 Å². The van der Waals surface area contributed by atoms with Crippen LogP contribution < -0.4 is 0 Å². The molecule has 3 nitrogen and oxygen atoms in total. The van der Waals surface area contributed by atoms with Crippen molar-refractivity contribution in [3.8, 4) is 0 Å². The molecule has 0 saturated heterocycles. The zero-order valence-corrected chi connectivity index (χ0v) is 7.92. The molecule has 0 aromatic heterocycles. The van der Waals surface area contributed by atoms with Gasteiger partial charge in [0.1, 0.15) is 6.29 Å². The van der Waals surface area contributed by atoms with Crippen molar-refractivity contribution in [2.24, 2.45) is 5.41 Å². The Bertz CT molecular complexity index is 161. The van der Waals surface area contributed by atoms with E-state index in [-0.39, 0.29) is 5.97 Å². The molecule has 12 heavy (non-hydrogen) atoms. The van der Waals surface area contributed by atoms with E-state index in [9.17, 15) is 9.59 Å². The first-order valence-corrected chi connectivity index (χ1v) is 4.14. The summed E-state index contributed by atoms with van der Waals surface area (Å²) in [6, 6.07) is 0. The summed E-state index contributed by atoms with van der Waals surface area (Å²) in [6.45, 7) is 5.78. The van der Waals surface area contributed by atoms with Gasteiger partial charge in [-0.1, -0.05) is 13.8 Å². The molecular formula is C9H16O3. The summed E-state index contributed by atoms with van der Waals surface area (Å²) in [4.78, 5) is 21.3. The van der Waals surface area contributed by atoms with Crippen LogP contribution in [-0.4, -0.2) is 18.9 Å². The molecule has 0 aliphatic rings. The highest BCUT2D eigenvalue weighted by Crippen LogP contribution is 2.18. The number of aldehydes is 1. The smallest absolute Gasteiger partial charge is 0.305 e. The molecule has 3 heteroatoms. The summed E-state index contributed by atoms with van der Waals surface area (Å²) >= 11 is 0. The highest BCUT2D eigenvalue weighted by atomic mass is 16.5. The quantitative estimate of drug-likeness (QED) is 0.467.